The first-order valence-electron chi connectivity index (χ1n) is 14.5. The Balaban J connectivity index is 1.24. The Morgan fingerprint density at radius 1 is 0.978 bits per heavy atom. The predicted molar refractivity (Wildman–Crippen MR) is 169 cm³/mol. The second kappa shape index (κ2) is 13.3. The third-order valence-electron chi connectivity index (χ3n) is 7.43. The van der Waals surface area contributed by atoms with Crippen molar-refractivity contribution < 1.29 is 18.7 Å². The Labute approximate surface area is 264 Å². The van der Waals surface area contributed by atoms with Gasteiger partial charge in [0.05, 0.1) is 35.9 Å². The van der Waals surface area contributed by atoms with Gasteiger partial charge in [0, 0.05) is 35.2 Å². The van der Waals surface area contributed by atoms with Crippen LogP contribution in [0.1, 0.15) is 46.5 Å². The van der Waals surface area contributed by atoms with Crippen molar-refractivity contribution in [1.82, 2.24) is 29.3 Å². The number of methoxy groups -OCH3 is 1. The number of halogens is 2. The van der Waals surface area contributed by atoms with Crippen LogP contribution in [-0.4, -0.2) is 42.4 Å². The van der Waals surface area contributed by atoms with E-state index in [4.69, 9.17) is 26.1 Å². The summed E-state index contributed by atoms with van der Waals surface area (Å²) in [7, 11) is 1.37. The van der Waals surface area contributed by atoms with E-state index < -0.39 is 11.8 Å². The van der Waals surface area contributed by atoms with E-state index in [0.29, 0.717) is 35.0 Å². The number of aromatic nitrogens is 6. The Morgan fingerprint density at radius 2 is 1.82 bits per heavy atom. The van der Waals surface area contributed by atoms with Crippen LogP contribution in [0.2, 0.25) is 5.02 Å². The number of benzene rings is 3. The molecule has 0 N–H and O–H groups in total. The lowest BCUT2D eigenvalue weighted by molar-refractivity contribution is 0.0601. The number of hydrogen-bond acceptors (Lipinski definition) is 7. The van der Waals surface area contributed by atoms with E-state index in [1.165, 1.54) is 13.2 Å². The van der Waals surface area contributed by atoms with Crippen LogP contribution in [0.4, 0.5) is 4.39 Å². The molecule has 0 bridgehead atoms. The van der Waals surface area contributed by atoms with Gasteiger partial charge in [0.1, 0.15) is 24.6 Å². The van der Waals surface area contributed by atoms with E-state index in [-0.39, 0.29) is 6.61 Å². The summed E-state index contributed by atoms with van der Waals surface area (Å²) in [5, 5.41) is 8.82. The first kappa shape index (κ1) is 30.0. The molecule has 3 aromatic heterocycles. The molecular weight excluding hydrogens is 595 g/mol. The van der Waals surface area contributed by atoms with Crippen LogP contribution >= 0.6 is 11.6 Å². The molecule has 3 heterocycles. The molecule has 0 fully saturated rings. The third-order valence-corrected chi connectivity index (χ3v) is 7.67. The maximum atomic E-state index is 14.2. The number of pyridine rings is 1. The number of aryl methyl sites for hydroxylation is 1. The van der Waals surface area contributed by atoms with Crippen molar-refractivity contribution in [2.24, 2.45) is 0 Å². The highest BCUT2D eigenvalue weighted by atomic mass is 35.5. The van der Waals surface area contributed by atoms with E-state index in [1.807, 2.05) is 53.1 Å². The van der Waals surface area contributed by atoms with Gasteiger partial charge in [-0.1, -0.05) is 54.9 Å². The number of nitrogens with zero attached hydrogens (tertiary/aromatic N) is 6. The van der Waals surface area contributed by atoms with Gasteiger partial charge in [-0.2, -0.15) is 0 Å². The molecule has 0 aliphatic heterocycles. The fraction of sp³-hybridized carbons (Fsp3) is 0.206. The molecule has 0 atom stereocenters. The number of hydrogen-bond donors (Lipinski definition) is 0. The van der Waals surface area contributed by atoms with Crippen molar-refractivity contribution in [2.45, 2.75) is 39.5 Å². The standard InChI is InChI=1S/C34H30ClFN6O3/c1-3-15-41-21-37-40-32(41)19-42-30-17-24(34(43)44-2)12-14-29(30)38-31(42)16-22-7-9-23(10-8-22)28-5-4-6-33(39-28)45-20-25-11-13-26(35)18-27(25)36/h4-14,17-18,21H,3,15-16,19-20H2,1-2H3. The van der Waals surface area contributed by atoms with Crippen molar-refractivity contribution in [3.8, 4) is 17.1 Å². The first-order chi connectivity index (χ1) is 21.9. The summed E-state index contributed by atoms with van der Waals surface area (Å²) in [6, 6.07) is 23.4. The van der Waals surface area contributed by atoms with Gasteiger partial charge >= 0.3 is 5.97 Å². The second-order valence-electron chi connectivity index (χ2n) is 10.5. The van der Waals surface area contributed by atoms with Crippen LogP contribution in [0.25, 0.3) is 22.3 Å². The largest absolute Gasteiger partial charge is 0.473 e. The minimum Gasteiger partial charge on any atom is -0.473 e. The summed E-state index contributed by atoms with van der Waals surface area (Å²) < 4.78 is 29.0. The molecule has 0 amide bonds. The summed E-state index contributed by atoms with van der Waals surface area (Å²) in [6.45, 7) is 3.40. The molecule has 9 nitrogen and oxygen atoms in total. The average Bonchev–Trinajstić information content (AvgIpc) is 3.64. The summed E-state index contributed by atoms with van der Waals surface area (Å²) >= 11 is 5.85. The molecule has 0 aliphatic rings. The molecule has 6 rings (SSSR count). The highest BCUT2D eigenvalue weighted by Crippen LogP contribution is 2.25. The van der Waals surface area contributed by atoms with Crippen LogP contribution in [0, 0.1) is 5.82 Å². The molecular formula is C34H30ClFN6O3. The molecule has 0 aliphatic carbocycles. The van der Waals surface area contributed by atoms with E-state index in [2.05, 4.69) is 26.7 Å². The Kier molecular flexibility index (Phi) is 8.84. The third kappa shape index (κ3) is 6.71. The minimum absolute atomic E-state index is 0.0370. The summed E-state index contributed by atoms with van der Waals surface area (Å²) in [4.78, 5) is 21.9. The van der Waals surface area contributed by atoms with Crippen LogP contribution in [0.5, 0.6) is 5.88 Å². The van der Waals surface area contributed by atoms with Crippen molar-refractivity contribution in [1.29, 1.82) is 0 Å². The lowest BCUT2D eigenvalue weighted by atomic mass is 10.1. The normalized spacial score (nSPS) is 11.2. The van der Waals surface area contributed by atoms with Gasteiger partial charge in [0.15, 0.2) is 5.82 Å². The highest BCUT2D eigenvalue weighted by Gasteiger charge is 2.17. The van der Waals surface area contributed by atoms with Gasteiger partial charge in [0.25, 0.3) is 0 Å². The molecule has 0 radical (unpaired) electrons. The monoisotopic (exact) mass is 624 g/mol. The number of carbonyl (C=O) groups excluding carboxylic acids is 1. The molecule has 3 aromatic carbocycles. The molecule has 0 unspecified atom stereocenters. The summed E-state index contributed by atoms with van der Waals surface area (Å²) in [5.41, 5.74) is 5.12. The predicted octanol–water partition coefficient (Wildman–Crippen LogP) is 6.90. The van der Waals surface area contributed by atoms with Crippen molar-refractivity contribution in [3.63, 3.8) is 0 Å². The van der Waals surface area contributed by atoms with Crippen molar-refractivity contribution >= 4 is 28.6 Å². The number of ether oxygens (including phenoxy) is 2. The van der Waals surface area contributed by atoms with Crippen LogP contribution in [0.3, 0.4) is 0 Å². The summed E-state index contributed by atoms with van der Waals surface area (Å²) in [6.07, 6.45) is 3.24. The number of carbonyl (C=O) groups is 1. The van der Waals surface area contributed by atoms with Crippen molar-refractivity contribution in [3.05, 3.63) is 124 Å². The topological polar surface area (TPSA) is 97.0 Å². The lowest BCUT2D eigenvalue weighted by Gasteiger charge is -2.11. The maximum absolute atomic E-state index is 14.2. The van der Waals surface area contributed by atoms with Crippen LogP contribution < -0.4 is 4.74 Å². The average molecular weight is 625 g/mol. The van der Waals surface area contributed by atoms with Gasteiger partial charge in [-0.25, -0.2) is 19.2 Å². The number of esters is 1. The zero-order valence-corrected chi connectivity index (χ0v) is 25.5. The quantitative estimate of drug-likeness (QED) is 0.145. The second-order valence-corrected chi connectivity index (χ2v) is 10.9. The van der Waals surface area contributed by atoms with Gasteiger partial charge in [-0.15, -0.1) is 10.2 Å². The maximum Gasteiger partial charge on any atom is 0.337 e. The van der Waals surface area contributed by atoms with Gasteiger partial charge < -0.3 is 18.6 Å². The van der Waals surface area contributed by atoms with Crippen molar-refractivity contribution in [2.75, 3.05) is 7.11 Å². The molecule has 0 saturated carbocycles. The fourth-order valence-corrected chi connectivity index (χ4v) is 5.28. The van der Waals surface area contributed by atoms with Crippen LogP contribution in [-0.2, 0) is 30.9 Å². The van der Waals surface area contributed by atoms with Gasteiger partial charge in [0.2, 0.25) is 5.88 Å². The molecule has 45 heavy (non-hydrogen) atoms. The summed E-state index contributed by atoms with van der Waals surface area (Å²) in [5.74, 6) is 1.20. The molecule has 6 aromatic rings. The lowest BCUT2D eigenvalue weighted by Crippen LogP contribution is -2.12. The Morgan fingerprint density at radius 3 is 2.60 bits per heavy atom. The zero-order chi connectivity index (χ0) is 31.3. The van der Waals surface area contributed by atoms with E-state index in [1.54, 1.807) is 30.6 Å². The number of rotatable bonds is 11. The zero-order valence-electron chi connectivity index (χ0n) is 24.8. The Bertz CT molecular complexity index is 1970. The Hall–Kier alpha value is -5.09. The fourth-order valence-electron chi connectivity index (χ4n) is 5.12. The number of fused-ring (bicyclic) bond motifs is 1. The van der Waals surface area contributed by atoms with E-state index >= 15 is 0 Å². The minimum atomic E-state index is -0.422. The first-order valence-corrected chi connectivity index (χ1v) is 14.9. The smallest absolute Gasteiger partial charge is 0.337 e. The molecule has 0 spiro atoms. The SMILES string of the molecule is CCCn1cnnc1Cn1c(Cc2ccc(-c3cccc(OCc4ccc(Cl)cc4F)n3)cc2)nc2ccc(C(=O)OC)cc21. The van der Waals surface area contributed by atoms with E-state index in [9.17, 15) is 9.18 Å². The molecule has 0 saturated heterocycles. The van der Waals surface area contributed by atoms with Gasteiger partial charge in [-0.3, -0.25) is 0 Å². The number of imidazole rings is 1. The van der Waals surface area contributed by atoms with Crippen LogP contribution in [0.15, 0.2) is 85.2 Å². The highest BCUT2D eigenvalue weighted by molar-refractivity contribution is 6.30. The molecule has 11 heteroatoms. The van der Waals surface area contributed by atoms with E-state index in [0.717, 1.165) is 52.5 Å². The van der Waals surface area contributed by atoms with Gasteiger partial charge in [-0.05, 0) is 48.4 Å². The molecule has 228 valence electrons.